The van der Waals surface area contributed by atoms with Crippen LogP contribution in [0.5, 0.6) is 0 Å². The average Bonchev–Trinajstić information content (AvgIpc) is 2.52. The first kappa shape index (κ1) is 16.8. The van der Waals surface area contributed by atoms with Gasteiger partial charge < -0.3 is 10.2 Å². The highest BCUT2D eigenvalue weighted by Crippen LogP contribution is 2.25. The minimum atomic E-state index is -0.492. The first-order chi connectivity index (χ1) is 10.2. The Kier molecular flexibility index (Phi) is 6.97. The first-order valence-corrected chi connectivity index (χ1v) is 8.37. The molecule has 2 N–H and O–H groups in total. The molecule has 0 heterocycles. The third kappa shape index (κ3) is 5.26. The zero-order chi connectivity index (χ0) is 15.1. The van der Waals surface area contributed by atoms with Crippen LogP contribution in [0.2, 0.25) is 5.02 Å². The minimum absolute atomic E-state index is 0.184. The van der Waals surface area contributed by atoms with Gasteiger partial charge in [0.05, 0.1) is 12.7 Å². The molecular formula is C17H26ClNO2. The fourth-order valence-corrected chi connectivity index (χ4v) is 3.42. The largest absolute Gasteiger partial charge is 0.395 e. The molecule has 0 amide bonds. The van der Waals surface area contributed by atoms with Crippen LogP contribution in [0.4, 0.5) is 0 Å². The lowest BCUT2D eigenvalue weighted by Gasteiger charge is -2.34. The lowest BCUT2D eigenvalue weighted by atomic mass is 9.93. The molecule has 0 radical (unpaired) electrons. The Bertz CT molecular complexity index is 421. The van der Waals surface area contributed by atoms with E-state index in [0.29, 0.717) is 24.0 Å². The molecule has 3 nitrogen and oxygen atoms in total. The Labute approximate surface area is 132 Å². The van der Waals surface area contributed by atoms with Gasteiger partial charge in [-0.2, -0.15) is 0 Å². The van der Waals surface area contributed by atoms with Gasteiger partial charge in [0.25, 0.3) is 0 Å². The predicted molar refractivity (Wildman–Crippen MR) is 86.6 cm³/mol. The maximum atomic E-state index is 10.3. The number of halogens is 1. The van der Waals surface area contributed by atoms with Crippen LogP contribution >= 0.6 is 11.6 Å². The quantitative estimate of drug-likeness (QED) is 0.811. The fourth-order valence-electron chi connectivity index (χ4n) is 3.22. The normalized spacial score (nSPS) is 18.1. The summed E-state index contributed by atoms with van der Waals surface area (Å²) in [6.45, 7) is 1.70. The molecule has 1 aliphatic rings. The predicted octanol–water partition coefficient (Wildman–Crippen LogP) is 3.39. The lowest BCUT2D eigenvalue weighted by Crippen LogP contribution is -2.39. The molecule has 0 aliphatic heterocycles. The van der Waals surface area contributed by atoms with E-state index in [0.717, 1.165) is 12.1 Å². The van der Waals surface area contributed by atoms with Gasteiger partial charge in [-0.1, -0.05) is 43.0 Å². The third-order valence-electron chi connectivity index (χ3n) is 4.40. The number of hydrogen-bond donors (Lipinski definition) is 2. The number of benzene rings is 1. The van der Waals surface area contributed by atoms with Crippen molar-refractivity contribution in [3.63, 3.8) is 0 Å². The molecule has 118 valence electrons. The van der Waals surface area contributed by atoms with Gasteiger partial charge in [-0.25, -0.2) is 0 Å². The summed E-state index contributed by atoms with van der Waals surface area (Å²) in [6, 6.07) is 7.99. The zero-order valence-corrected chi connectivity index (χ0v) is 13.3. The van der Waals surface area contributed by atoms with E-state index in [1.807, 2.05) is 24.3 Å². The summed E-state index contributed by atoms with van der Waals surface area (Å²) >= 11 is 5.97. The molecule has 1 atom stereocenters. The van der Waals surface area contributed by atoms with Crippen molar-refractivity contribution in [1.29, 1.82) is 0 Å². The number of aliphatic hydroxyl groups excluding tert-OH is 2. The Balaban J connectivity index is 1.88. The van der Waals surface area contributed by atoms with Crippen molar-refractivity contribution in [3.05, 3.63) is 34.9 Å². The topological polar surface area (TPSA) is 43.7 Å². The van der Waals surface area contributed by atoms with E-state index in [-0.39, 0.29) is 6.61 Å². The van der Waals surface area contributed by atoms with Crippen LogP contribution in [-0.4, -0.2) is 40.9 Å². The standard InChI is InChI=1S/C17H26ClNO2/c18-15-6-4-5-14(13-15)17(21)9-10-19(11-12-20)16-7-2-1-3-8-16/h4-6,13,16-17,20-21H,1-3,7-12H2. The number of aliphatic hydroxyl groups is 2. The molecule has 1 aliphatic carbocycles. The maximum Gasteiger partial charge on any atom is 0.0802 e. The molecule has 2 rings (SSSR count). The van der Waals surface area contributed by atoms with Crippen molar-refractivity contribution in [2.24, 2.45) is 0 Å². The summed E-state index contributed by atoms with van der Waals surface area (Å²) in [5, 5.41) is 20.2. The molecule has 1 aromatic carbocycles. The molecule has 1 unspecified atom stereocenters. The van der Waals surface area contributed by atoms with Gasteiger partial charge in [0.1, 0.15) is 0 Å². The van der Waals surface area contributed by atoms with Crippen molar-refractivity contribution in [3.8, 4) is 0 Å². The number of nitrogens with zero attached hydrogens (tertiary/aromatic N) is 1. The van der Waals surface area contributed by atoms with Crippen LogP contribution < -0.4 is 0 Å². The van der Waals surface area contributed by atoms with Gasteiger partial charge in [-0.3, -0.25) is 4.90 Å². The highest BCUT2D eigenvalue weighted by molar-refractivity contribution is 6.30. The van der Waals surface area contributed by atoms with Gasteiger partial charge in [0.15, 0.2) is 0 Å². The third-order valence-corrected chi connectivity index (χ3v) is 4.64. The van der Waals surface area contributed by atoms with Gasteiger partial charge in [0.2, 0.25) is 0 Å². The first-order valence-electron chi connectivity index (χ1n) is 7.99. The summed E-state index contributed by atoms with van der Waals surface area (Å²) in [6.07, 6.45) is 6.51. The summed E-state index contributed by atoms with van der Waals surface area (Å²) in [5.41, 5.74) is 0.870. The molecule has 0 spiro atoms. The van der Waals surface area contributed by atoms with E-state index < -0.39 is 6.10 Å². The smallest absolute Gasteiger partial charge is 0.0802 e. The molecule has 0 aromatic heterocycles. The highest BCUT2D eigenvalue weighted by Gasteiger charge is 2.21. The van der Waals surface area contributed by atoms with Gasteiger partial charge in [-0.15, -0.1) is 0 Å². The van der Waals surface area contributed by atoms with Gasteiger partial charge >= 0.3 is 0 Å². The van der Waals surface area contributed by atoms with Crippen molar-refractivity contribution in [2.75, 3.05) is 19.7 Å². The lowest BCUT2D eigenvalue weighted by molar-refractivity contribution is 0.0923. The fraction of sp³-hybridized carbons (Fsp3) is 0.647. The van der Waals surface area contributed by atoms with E-state index in [1.165, 1.54) is 32.1 Å². The van der Waals surface area contributed by atoms with Crippen LogP contribution in [0, 0.1) is 0 Å². The van der Waals surface area contributed by atoms with Gasteiger partial charge in [0, 0.05) is 24.2 Å². The van der Waals surface area contributed by atoms with E-state index in [2.05, 4.69) is 4.90 Å². The Morgan fingerprint density at radius 1 is 1.19 bits per heavy atom. The molecule has 21 heavy (non-hydrogen) atoms. The molecular weight excluding hydrogens is 286 g/mol. The second-order valence-corrected chi connectivity index (χ2v) is 6.35. The molecule has 0 saturated heterocycles. The molecule has 1 fully saturated rings. The monoisotopic (exact) mass is 311 g/mol. The Hall–Kier alpha value is -0.610. The van der Waals surface area contributed by atoms with Crippen LogP contribution in [0.1, 0.15) is 50.2 Å². The van der Waals surface area contributed by atoms with Gasteiger partial charge in [-0.05, 0) is 37.0 Å². The Morgan fingerprint density at radius 2 is 1.95 bits per heavy atom. The SMILES string of the molecule is OCCN(CCC(O)c1cccc(Cl)c1)C1CCCCC1. The van der Waals surface area contributed by atoms with E-state index in [4.69, 9.17) is 11.6 Å². The van der Waals surface area contributed by atoms with Crippen LogP contribution in [-0.2, 0) is 0 Å². The van der Waals surface area contributed by atoms with E-state index in [1.54, 1.807) is 0 Å². The Morgan fingerprint density at radius 3 is 2.62 bits per heavy atom. The van der Waals surface area contributed by atoms with Crippen LogP contribution in [0.15, 0.2) is 24.3 Å². The maximum absolute atomic E-state index is 10.3. The summed E-state index contributed by atoms with van der Waals surface area (Å²) in [7, 11) is 0. The second kappa shape index (κ2) is 8.74. The van der Waals surface area contributed by atoms with Crippen LogP contribution in [0.25, 0.3) is 0 Å². The van der Waals surface area contributed by atoms with Crippen LogP contribution in [0.3, 0.4) is 0 Å². The molecule has 1 aromatic rings. The van der Waals surface area contributed by atoms with Crippen molar-refractivity contribution >= 4 is 11.6 Å². The summed E-state index contributed by atoms with van der Waals surface area (Å²) < 4.78 is 0. The summed E-state index contributed by atoms with van der Waals surface area (Å²) in [5.74, 6) is 0. The minimum Gasteiger partial charge on any atom is -0.395 e. The van der Waals surface area contributed by atoms with Crippen molar-refractivity contribution < 1.29 is 10.2 Å². The average molecular weight is 312 g/mol. The molecule has 0 bridgehead atoms. The van der Waals surface area contributed by atoms with E-state index >= 15 is 0 Å². The zero-order valence-electron chi connectivity index (χ0n) is 12.5. The van der Waals surface area contributed by atoms with E-state index in [9.17, 15) is 10.2 Å². The van der Waals surface area contributed by atoms with Crippen molar-refractivity contribution in [1.82, 2.24) is 4.90 Å². The summed E-state index contributed by atoms with van der Waals surface area (Å²) in [4.78, 5) is 2.34. The number of hydrogen-bond acceptors (Lipinski definition) is 3. The van der Waals surface area contributed by atoms with Crippen molar-refractivity contribution in [2.45, 2.75) is 50.7 Å². The highest BCUT2D eigenvalue weighted by atomic mass is 35.5. The number of rotatable bonds is 7. The molecule has 4 heteroatoms. The second-order valence-electron chi connectivity index (χ2n) is 5.91. The molecule has 1 saturated carbocycles.